The van der Waals surface area contributed by atoms with Crippen molar-refractivity contribution >= 4 is 18.1 Å². The lowest BCUT2D eigenvalue weighted by atomic mass is 9.77. The maximum atomic E-state index is 12.9. The van der Waals surface area contributed by atoms with Gasteiger partial charge in [-0.3, -0.25) is 0 Å². The first kappa shape index (κ1) is 14.4. The summed E-state index contributed by atoms with van der Waals surface area (Å²) in [5.74, 6) is -0.890. The number of hydrogen-bond donors (Lipinski definition) is 2. The third-order valence-electron chi connectivity index (χ3n) is 2.75. The highest BCUT2D eigenvalue weighted by Crippen LogP contribution is 2.13. The first-order chi connectivity index (χ1) is 9.47. The normalized spacial score (nSPS) is 11.4. The Kier molecular flexibility index (Phi) is 4.29. The molecule has 2 aromatic carbocycles. The van der Waals surface area contributed by atoms with Crippen molar-refractivity contribution in [1.82, 2.24) is 5.43 Å². The Hall–Kier alpha value is -2.02. The molecule has 0 bridgehead atoms. The number of hydrazine groups is 1. The summed E-state index contributed by atoms with van der Waals surface area (Å²) in [4.78, 5) is 0. The molecule has 0 spiro atoms. The minimum Gasteiger partial charge on any atom is -0.445 e. The van der Waals surface area contributed by atoms with Crippen LogP contribution in [0, 0.1) is 5.82 Å². The van der Waals surface area contributed by atoms with E-state index in [0.29, 0.717) is 6.07 Å². The number of nitrogens with one attached hydrogen (secondary N) is 2. The fourth-order valence-corrected chi connectivity index (χ4v) is 1.79. The SMILES string of the molecule is Fc1ccc(CNNc2ccccc2)c([B-](F)(F)F)c1. The molecule has 0 saturated carbocycles. The van der Waals surface area contributed by atoms with Crippen molar-refractivity contribution in [2.75, 3.05) is 5.43 Å². The van der Waals surface area contributed by atoms with Crippen LogP contribution in [-0.4, -0.2) is 6.98 Å². The molecular weight excluding hydrogens is 271 g/mol. The second kappa shape index (κ2) is 5.96. The zero-order valence-electron chi connectivity index (χ0n) is 10.4. The monoisotopic (exact) mass is 283 g/mol. The van der Waals surface area contributed by atoms with Crippen molar-refractivity contribution in [1.29, 1.82) is 0 Å². The van der Waals surface area contributed by atoms with E-state index in [2.05, 4.69) is 10.9 Å². The average Bonchev–Trinajstić information content (AvgIpc) is 2.40. The van der Waals surface area contributed by atoms with E-state index in [0.717, 1.165) is 17.8 Å². The van der Waals surface area contributed by atoms with E-state index in [4.69, 9.17) is 0 Å². The number of hydrogen-bond acceptors (Lipinski definition) is 2. The van der Waals surface area contributed by atoms with Crippen molar-refractivity contribution in [3.63, 3.8) is 0 Å². The minimum atomic E-state index is -5.24. The van der Waals surface area contributed by atoms with Gasteiger partial charge in [-0.15, -0.1) is 5.46 Å². The highest BCUT2D eigenvalue weighted by atomic mass is 19.4. The molecule has 106 valence electrons. The van der Waals surface area contributed by atoms with Crippen LogP contribution in [0.15, 0.2) is 48.5 Å². The molecule has 0 atom stereocenters. The van der Waals surface area contributed by atoms with Crippen molar-refractivity contribution in [2.45, 2.75) is 6.54 Å². The Labute approximate surface area is 113 Å². The van der Waals surface area contributed by atoms with E-state index in [9.17, 15) is 17.3 Å². The standard InChI is InChI=1S/C13H12BF4N2/c15-11-7-6-10(13(8-11)14(16,17)18)9-19-20-12-4-2-1-3-5-12/h1-8,19-20H,9H2/q-1. The molecule has 0 aliphatic heterocycles. The molecule has 0 unspecified atom stereocenters. The van der Waals surface area contributed by atoms with Crippen LogP contribution in [0.2, 0.25) is 0 Å². The molecule has 0 amide bonds. The molecule has 2 aromatic rings. The molecule has 2 nitrogen and oxygen atoms in total. The summed E-state index contributed by atoms with van der Waals surface area (Å²) in [6.07, 6.45) is 0. The van der Waals surface area contributed by atoms with Crippen LogP contribution in [0.25, 0.3) is 0 Å². The Balaban J connectivity index is 2.06. The number of benzene rings is 2. The maximum absolute atomic E-state index is 12.9. The summed E-state index contributed by atoms with van der Waals surface area (Å²) in [6.45, 7) is -5.30. The molecule has 0 aliphatic carbocycles. The van der Waals surface area contributed by atoms with Crippen LogP contribution >= 0.6 is 0 Å². The van der Waals surface area contributed by atoms with Gasteiger partial charge in [-0.25, -0.2) is 9.82 Å². The summed E-state index contributed by atoms with van der Waals surface area (Å²) in [7, 11) is 0. The van der Waals surface area contributed by atoms with Gasteiger partial charge in [-0.05, 0) is 18.2 Å². The van der Waals surface area contributed by atoms with Gasteiger partial charge in [0.25, 0.3) is 0 Å². The highest BCUT2D eigenvalue weighted by Gasteiger charge is 2.28. The van der Waals surface area contributed by atoms with Gasteiger partial charge >= 0.3 is 6.98 Å². The predicted molar refractivity (Wildman–Crippen MR) is 72.0 cm³/mol. The van der Waals surface area contributed by atoms with Crippen LogP contribution in [0.1, 0.15) is 5.56 Å². The smallest absolute Gasteiger partial charge is 0.445 e. The first-order valence-corrected chi connectivity index (χ1v) is 5.99. The van der Waals surface area contributed by atoms with Crippen molar-refractivity contribution in [2.24, 2.45) is 0 Å². The summed E-state index contributed by atoms with van der Waals surface area (Å²) in [5.41, 5.74) is 5.29. The van der Waals surface area contributed by atoms with E-state index in [-0.39, 0.29) is 12.1 Å². The fourth-order valence-electron chi connectivity index (χ4n) is 1.79. The third-order valence-corrected chi connectivity index (χ3v) is 2.75. The second-order valence-electron chi connectivity index (χ2n) is 4.26. The highest BCUT2D eigenvalue weighted by molar-refractivity contribution is 6.74. The van der Waals surface area contributed by atoms with Crippen LogP contribution in [-0.2, 0) is 6.54 Å². The zero-order chi connectivity index (χ0) is 14.6. The second-order valence-corrected chi connectivity index (χ2v) is 4.26. The van der Waals surface area contributed by atoms with Crippen LogP contribution in [0.3, 0.4) is 0 Å². The summed E-state index contributed by atoms with van der Waals surface area (Å²) < 4.78 is 51.4. The fraction of sp³-hybridized carbons (Fsp3) is 0.0769. The molecular formula is C13H12BF4N2-. The van der Waals surface area contributed by atoms with E-state index in [1.807, 2.05) is 6.07 Å². The Bertz CT molecular complexity index is 572. The molecule has 7 heteroatoms. The molecule has 0 fully saturated rings. The molecule has 2 N–H and O–H groups in total. The zero-order valence-corrected chi connectivity index (χ0v) is 10.4. The van der Waals surface area contributed by atoms with Gasteiger partial charge in [0, 0.05) is 12.2 Å². The Morgan fingerprint density at radius 3 is 2.30 bits per heavy atom. The summed E-state index contributed by atoms with van der Waals surface area (Å²) in [5, 5.41) is 0. The van der Waals surface area contributed by atoms with Crippen molar-refractivity contribution < 1.29 is 17.3 Å². The predicted octanol–water partition coefficient (Wildman–Crippen LogP) is 3.00. The lowest BCUT2D eigenvalue weighted by Gasteiger charge is -2.20. The van der Waals surface area contributed by atoms with E-state index in [1.165, 1.54) is 0 Å². The third kappa shape index (κ3) is 3.74. The minimum absolute atomic E-state index is 0.00216. The number of halogens is 4. The van der Waals surface area contributed by atoms with Gasteiger partial charge in [-0.2, -0.15) is 0 Å². The van der Waals surface area contributed by atoms with Crippen molar-refractivity contribution in [3.8, 4) is 0 Å². The van der Waals surface area contributed by atoms with Gasteiger partial charge in [0.1, 0.15) is 5.82 Å². The van der Waals surface area contributed by atoms with Gasteiger partial charge in [0.2, 0.25) is 0 Å². The van der Waals surface area contributed by atoms with Crippen molar-refractivity contribution in [3.05, 3.63) is 59.9 Å². The summed E-state index contributed by atoms with van der Waals surface area (Å²) >= 11 is 0. The molecule has 0 aromatic heterocycles. The Morgan fingerprint density at radius 2 is 1.65 bits per heavy atom. The molecule has 0 aliphatic rings. The Morgan fingerprint density at radius 1 is 0.950 bits per heavy atom. The van der Waals surface area contributed by atoms with Gasteiger partial charge in [0.15, 0.2) is 0 Å². The van der Waals surface area contributed by atoms with E-state index >= 15 is 0 Å². The lowest BCUT2D eigenvalue weighted by Crippen LogP contribution is -2.39. The number of para-hydroxylation sites is 1. The first-order valence-electron chi connectivity index (χ1n) is 5.99. The van der Waals surface area contributed by atoms with Gasteiger partial charge < -0.3 is 18.4 Å². The molecule has 0 saturated heterocycles. The number of rotatable bonds is 5. The molecule has 0 radical (unpaired) electrons. The van der Waals surface area contributed by atoms with E-state index < -0.39 is 18.3 Å². The maximum Gasteiger partial charge on any atom is 0.510 e. The average molecular weight is 283 g/mol. The number of anilines is 1. The quantitative estimate of drug-likeness (QED) is 0.501. The van der Waals surface area contributed by atoms with E-state index in [1.54, 1.807) is 24.3 Å². The van der Waals surface area contributed by atoms with Crippen LogP contribution in [0.4, 0.5) is 23.0 Å². The van der Waals surface area contributed by atoms with Crippen LogP contribution < -0.4 is 16.3 Å². The lowest BCUT2D eigenvalue weighted by molar-refractivity contribution is 0.498. The molecule has 0 heterocycles. The molecule has 2 rings (SSSR count). The van der Waals surface area contributed by atoms with Crippen LogP contribution in [0.5, 0.6) is 0 Å². The van der Waals surface area contributed by atoms with Gasteiger partial charge in [-0.1, -0.05) is 35.9 Å². The molecule has 20 heavy (non-hydrogen) atoms. The largest absolute Gasteiger partial charge is 0.510 e. The van der Waals surface area contributed by atoms with Gasteiger partial charge in [0.05, 0.1) is 0 Å². The topological polar surface area (TPSA) is 24.1 Å². The summed E-state index contributed by atoms with van der Waals surface area (Å²) in [6, 6.07) is 11.6.